The van der Waals surface area contributed by atoms with Gasteiger partial charge in [0, 0.05) is 19.3 Å². The number of pyridine rings is 1. The highest BCUT2D eigenvalue weighted by molar-refractivity contribution is 9.10. The minimum atomic E-state index is 0.434. The van der Waals surface area contributed by atoms with Gasteiger partial charge in [-0.1, -0.05) is 20.8 Å². The molecule has 1 aromatic rings. The van der Waals surface area contributed by atoms with Crippen LogP contribution >= 0.6 is 15.9 Å². The van der Waals surface area contributed by atoms with Gasteiger partial charge in [0.25, 0.3) is 0 Å². The number of hydrogen-bond donors (Lipinski definition) is 0. The molecule has 18 heavy (non-hydrogen) atoms. The second-order valence-electron chi connectivity index (χ2n) is 6.39. The van der Waals surface area contributed by atoms with E-state index in [0.717, 1.165) is 29.3 Å². The standard InChI is InChI=1S/C15H23BrN2/c1-11-5-8-17-14(13(11)16)18-9-6-12(7-10-18)15(2,3)4/h5,8,12H,6-7,9-10H2,1-4H3. The molecule has 2 rings (SSSR count). The lowest BCUT2D eigenvalue weighted by Gasteiger charge is -2.39. The van der Waals surface area contributed by atoms with Gasteiger partial charge in [0.1, 0.15) is 5.82 Å². The first-order valence-electron chi connectivity index (χ1n) is 6.75. The average molecular weight is 311 g/mol. The molecule has 1 aromatic heterocycles. The molecule has 2 nitrogen and oxygen atoms in total. The van der Waals surface area contributed by atoms with Gasteiger partial charge in [-0.3, -0.25) is 0 Å². The van der Waals surface area contributed by atoms with E-state index in [1.807, 2.05) is 6.20 Å². The molecule has 1 fully saturated rings. The van der Waals surface area contributed by atoms with Crippen molar-refractivity contribution in [2.45, 2.75) is 40.5 Å². The van der Waals surface area contributed by atoms with Crippen molar-refractivity contribution in [3.63, 3.8) is 0 Å². The molecule has 0 aromatic carbocycles. The molecule has 0 aliphatic carbocycles. The second kappa shape index (κ2) is 5.20. The summed E-state index contributed by atoms with van der Waals surface area (Å²) in [7, 11) is 0. The maximum atomic E-state index is 4.53. The zero-order chi connectivity index (χ0) is 13.3. The van der Waals surface area contributed by atoms with Crippen molar-refractivity contribution in [1.82, 2.24) is 4.98 Å². The fourth-order valence-corrected chi connectivity index (χ4v) is 3.19. The molecule has 0 saturated carbocycles. The maximum absolute atomic E-state index is 4.53. The average Bonchev–Trinajstić information content (AvgIpc) is 2.32. The van der Waals surface area contributed by atoms with Crippen LogP contribution in [0, 0.1) is 18.3 Å². The van der Waals surface area contributed by atoms with Gasteiger partial charge in [0.15, 0.2) is 0 Å². The summed E-state index contributed by atoms with van der Waals surface area (Å²) in [6.45, 7) is 11.4. The van der Waals surface area contributed by atoms with Crippen molar-refractivity contribution < 1.29 is 0 Å². The molecular weight excluding hydrogens is 288 g/mol. The summed E-state index contributed by atoms with van der Waals surface area (Å²) in [6, 6.07) is 2.05. The van der Waals surface area contributed by atoms with E-state index < -0.39 is 0 Å². The first-order valence-corrected chi connectivity index (χ1v) is 7.55. The van der Waals surface area contributed by atoms with Gasteiger partial charge in [-0.2, -0.15) is 0 Å². The number of rotatable bonds is 1. The molecule has 0 amide bonds. The van der Waals surface area contributed by atoms with Gasteiger partial charge in [-0.15, -0.1) is 0 Å². The normalized spacial score (nSPS) is 18.2. The Morgan fingerprint density at radius 1 is 1.28 bits per heavy atom. The van der Waals surface area contributed by atoms with Crippen molar-refractivity contribution in [2.24, 2.45) is 11.3 Å². The Hall–Kier alpha value is -0.570. The highest BCUT2D eigenvalue weighted by Gasteiger charge is 2.29. The van der Waals surface area contributed by atoms with Gasteiger partial charge in [0.05, 0.1) is 4.47 Å². The number of aromatic nitrogens is 1. The van der Waals surface area contributed by atoms with E-state index >= 15 is 0 Å². The Bertz CT molecular complexity index is 415. The summed E-state index contributed by atoms with van der Waals surface area (Å²) in [6.07, 6.45) is 4.45. The van der Waals surface area contributed by atoms with Crippen LogP contribution in [0.5, 0.6) is 0 Å². The summed E-state index contributed by atoms with van der Waals surface area (Å²) < 4.78 is 1.15. The molecule has 0 bridgehead atoms. The third kappa shape index (κ3) is 2.87. The van der Waals surface area contributed by atoms with Gasteiger partial charge in [0.2, 0.25) is 0 Å². The number of hydrogen-bond acceptors (Lipinski definition) is 2. The Morgan fingerprint density at radius 2 is 1.89 bits per heavy atom. The zero-order valence-corrected chi connectivity index (χ0v) is 13.4. The summed E-state index contributed by atoms with van der Waals surface area (Å²) in [5.74, 6) is 1.94. The van der Waals surface area contributed by atoms with Gasteiger partial charge in [-0.05, 0) is 58.7 Å². The van der Waals surface area contributed by atoms with E-state index in [1.165, 1.54) is 18.4 Å². The zero-order valence-electron chi connectivity index (χ0n) is 11.8. The molecule has 3 heteroatoms. The van der Waals surface area contributed by atoms with E-state index in [2.05, 4.69) is 59.6 Å². The fourth-order valence-electron chi connectivity index (χ4n) is 2.70. The van der Waals surface area contributed by atoms with Gasteiger partial charge < -0.3 is 4.90 Å². The van der Waals surface area contributed by atoms with E-state index in [9.17, 15) is 0 Å². The van der Waals surface area contributed by atoms with Crippen LogP contribution in [0.25, 0.3) is 0 Å². The van der Waals surface area contributed by atoms with Crippen LogP contribution in [-0.2, 0) is 0 Å². The van der Waals surface area contributed by atoms with E-state index in [0.29, 0.717) is 5.41 Å². The molecule has 1 aliphatic heterocycles. The van der Waals surface area contributed by atoms with Crippen molar-refractivity contribution in [3.05, 3.63) is 22.3 Å². The van der Waals surface area contributed by atoms with Crippen molar-refractivity contribution >= 4 is 21.7 Å². The number of nitrogens with zero attached hydrogens (tertiary/aromatic N) is 2. The smallest absolute Gasteiger partial charge is 0.143 e. The molecule has 0 unspecified atom stereocenters. The highest BCUT2D eigenvalue weighted by Crippen LogP contribution is 2.36. The fraction of sp³-hybridized carbons (Fsp3) is 0.667. The first-order chi connectivity index (χ1) is 8.39. The van der Waals surface area contributed by atoms with E-state index in [1.54, 1.807) is 0 Å². The van der Waals surface area contributed by atoms with Crippen molar-refractivity contribution in [1.29, 1.82) is 0 Å². The number of anilines is 1. The van der Waals surface area contributed by atoms with Crippen LogP contribution in [0.1, 0.15) is 39.2 Å². The lowest BCUT2D eigenvalue weighted by Crippen LogP contribution is -2.38. The summed E-state index contributed by atoms with van der Waals surface area (Å²) in [5, 5.41) is 0. The topological polar surface area (TPSA) is 16.1 Å². The first kappa shape index (κ1) is 13.9. The Balaban J connectivity index is 2.08. The number of halogens is 1. The number of piperidine rings is 1. The van der Waals surface area contributed by atoms with Crippen molar-refractivity contribution in [3.8, 4) is 0 Å². The molecule has 0 radical (unpaired) electrons. The SMILES string of the molecule is Cc1ccnc(N2CCC(C(C)(C)C)CC2)c1Br. The lowest BCUT2D eigenvalue weighted by molar-refractivity contribution is 0.198. The predicted molar refractivity (Wildman–Crippen MR) is 81.1 cm³/mol. The predicted octanol–water partition coefficient (Wildman–Crippen LogP) is 4.42. The van der Waals surface area contributed by atoms with Crippen LogP contribution in [-0.4, -0.2) is 18.1 Å². The third-order valence-corrected chi connectivity index (χ3v) is 5.06. The molecule has 1 aliphatic rings. The third-order valence-electron chi connectivity index (χ3n) is 4.08. The van der Waals surface area contributed by atoms with Gasteiger partial charge >= 0.3 is 0 Å². The van der Waals surface area contributed by atoms with Gasteiger partial charge in [-0.25, -0.2) is 4.98 Å². The molecule has 0 atom stereocenters. The Labute approximate surface area is 119 Å². The minimum absolute atomic E-state index is 0.434. The van der Waals surface area contributed by atoms with Crippen LogP contribution in [0.3, 0.4) is 0 Å². The summed E-state index contributed by atoms with van der Waals surface area (Å²) >= 11 is 3.67. The summed E-state index contributed by atoms with van der Waals surface area (Å²) in [5.41, 5.74) is 1.70. The summed E-state index contributed by atoms with van der Waals surface area (Å²) in [4.78, 5) is 6.95. The molecule has 0 spiro atoms. The van der Waals surface area contributed by atoms with Crippen molar-refractivity contribution in [2.75, 3.05) is 18.0 Å². The largest absolute Gasteiger partial charge is 0.356 e. The van der Waals surface area contributed by atoms with Crippen LogP contribution in [0.4, 0.5) is 5.82 Å². The quantitative estimate of drug-likeness (QED) is 0.763. The second-order valence-corrected chi connectivity index (χ2v) is 7.19. The van der Waals surface area contributed by atoms with E-state index in [-0.39, 0.29) is 0 Å². The highest BCUT2D eigenvalue weighted by atomic mass is 79.9. The monoisotopic (exact) mass is 310 g/mol. The molecule has 100 valence electrons. The van der Waals surface area contributed by atoms with E-state index in [4.69, 9.17) is 0 Å². The maximum Gasteiger partial charge on any atom is 0.143 e. The Kier molecular flexibility index (Phi) is 4.00. The lowest BCUT2D eigenvalue weighted by atomic mass is 9.75. The minimum Gasteiger partial charge on any atom is -0.356 e. The van der Waals surface area contributed by atoms with Crippen LogP contribution in [0.15, 0.2) is 16.7 Å². The molecule has 0 N–H and O–H groups in total. The molecule has 2 heterocycles. The Morgan fingerprint density at radius 3 is 2.44 bits per heavy atom. The number of aryl methyl sites for hydroxylation is 1. The molecular formula is C15H23BrN2. The van der Waals surface area contributed by atoms with Crippen LogP contribution < -0.4 is 4.90 Å². The molecule has 1 saturated heterocycles. The van der Waals surface area contributed by atoms with Crippen LogP contribution in [0.2, 0.25) is 0 Å².